The molecule has 0 aliphatic carbocycles. The third kappa shape index (κ3) is 3.10. The number of nitrogens with zero attached hydrogens (tertiary/aromatic N) is 1. The third-order valence-corrected chi connectivity index (χ3v) is 4.21. The number of nitrogens with one attached hydrogen (secondary N) is 1. The van der Waals surface area contributed by atoms with E-state index in [-0.39, 0.29) is 12.5 Å². The molecule has 0 aliphatic heterocycles. The zero-order valence-corrected chi connectivity index (χ0v) is 13.1. The van der Waals surface area contributed by atoms with Crippen molar-refractivity contribution in [2.24, 2.45) is 5.84 Å². The number of anilines is 1. The van der Waals surface area contributed by atoms with Crippen LogP contribution in [0.5, 0.6) is 0 Å². The van der Waals surface area contributed by atoms with E-state index in [1.54, 1.807) is 18.7 Å². The predicted molar refractivity (Wildman–Crippen MR) is 80.1 cm³/mol. The maximum absolute atomic E-state index is 12.4. The van der Waals surface area contributed by atoms with Crippen molar-refractivity contribution in [1.82, 2.24) is 4.90 Å². The third-order valence-electron chi connectivity index (χ3n) is 3.00. The van der Waals surface area contributed by atoms with Gasteiger partial charge in [-0.25, -0.2) is 10.6 Å². The molecule has 0 saturated heterocycles. The van der Waals surface area contributed by atoms with E-state index < -0.39 is 5.97 Å². The van der Waals surface area contributed by atoms with E-state index in [1.165, 1.54) is 11.3 Å². The van der Waals surface area contributed by atoms with Crippen molar-refractivity contribution in [3.05, 3.63) is 16.0 Å². The largest absolute Gasteiger partial charge is 0.462 e. The molecule has 1 amide bonds. The quantitative estimate of drug-likeness (QED) is 0.477. The van der Waals surface area contributed by atoms with E-state index in [9.17, 15) is 9.59 Å². The van der Waals surface area contributed by atoms with Crippen molar-refractivity contribution in [3.63, 3.8) is 0 Å². The van der Waals surface area contributed by atoms with E-state index in [0.29, 0.717) is 34.1 Å². The number of thiophene rings is 1. The Morgan fingerprint density at radius 1 is 1.30 bits per heavy atom. The van der Waals surface area contributed by atoms with Crippen molar-refractivity contribution >= 4 is 28.2 Å². The number of esters is 1. The molecule has 112 valence electrons. The summed E-state index contributed by atoms with van der Waals surface area (Å²) in [6, 6.07) is 0. The summed E-state index contributed by atoms with van der Waals surface area (Å²) in [5.41, 5.74) is 3.42. The summed E-state index contributed by atoms with van der Waals surface area (Å²) in [5.74, 6) is 4.88. The first-order chi connectivity index (χ1) is 9.51. The lowest BCUT2D eigenvalue weighted by atomic mass is 10.1. The van der Waals surface area contributed by atoms with Crippen LogP contribution in [0.15, 0.2) is 0 Å². The van der Waals surface area contributed by atoms with Gasteiger partial charge in [-0.2, -0.15) is 0 Å². The number of nitrogen functional groups attached to an aromatic ring is 1. The molecular formula is C13H21N3O3S. The molecule has 1 heterocycles. The molecule has 0 radical (unpaired) electrons. The molecular weight excluding hydrogens is 278 g/mol. The van der Waals surface area contributed by atoms with Crippen molar-refractivity contribution in [2.75, 3.05) is 25.1 Å². The Morgan fingerprint density at radius 2 is 1.90 bits per heavy atom. The van der Waals surface area contributed by atoms with Gasteiger partial charge in [0, 0.05) is 13.1 Å². The number of hydrazine groups is 1. The standard InChI is InChI=1S/C13H21N3O3S/c1-5-16(6-2)12(17)10-8(4)9(11(15-14)20-10)13(18)19-7-3/h15H,5-7,14H2,1-4H3. The van der Waals surface area contributed by atoms with E-state index in [0.717, 1.165) is 0 Å². The zero-order valence-electron chi connectivity index (χ0n) is 12.3. The first kappa shape index (κ1) is 16.5. The second kappa shape index (κ2) is 7.25. The lowest BCUT2D eigenvalue weighted by molar-refractivity contribution is 0.0527. The summed E-state index contributed by atoms with van der Waals surface area (Å²) in [7, 11) is 0. The fraction of sp³-hybridized carbons (Fsp3) is 0.538. The van der Waals surface area contributed by atoms with Gasteiger partial charge in [-0.15, -0.1) is 11.3 Å². The highest BCUT2D eigenvalue weighted by atomic mass is 32.1. The molecule has 0 atom stereocenters. The molecule has 6 nitrogen and oxygen atoms in total. The summed E-state index contributed by atoms with van der Waals surface area (Å²) in [4.78, 5) is 26.6. The average Bonchev–Trinajstić information content (AvgIpc) is 2.77. The van der Waals surface area contributed by atoms with Gasteiger partial charge in [0.15, 0.2) is 0 Å². The Balaban J connectivity index is 3.24. The molecule has 0 fully saturated rings. The zero-order chi connectivity index (χ0) is 15.3. The summed E-state index contributed by atoms with van der Waals surface area (Å²) >= 11 is 1.18. The van der Waals surface area contributed by atoms with Crippen molar-refractivity contribution in [2.45, 2.75) is 27.7 Å². The number of carbonyl (C=O) groups is 2. The summed E-state index contributed by atoms with van der Waals surface area (Å²) < 4.78 is 5.00. The Labute approximate surface area is 122 Å². The fourth-order valence-corrected chi connectivity index (χ4v) is 3.00. The van der Waals surface area contributed by atoms with Crippen LogP contribution in [0.3, 0.4) is 0 Å². The number of hydrogen-bond donors (Lipinski definition) is 2. The molecule has 1 aromatic rings. The van der Waals surface area contributed by atoms with Gasteiger partial charge >= 0.3 is 5.97 Å². The van der Waals surface area contributed by atoms with E-state index >= 15 is 0 Å². The van der Waals surface area contributed by atoms with Gasteiger partial charge in [-0.05, 0) is 33.3 Å². The molecule has 0 aromatic carbocycles. The minimum atomic E-state index is -0.465. The number of nitrogens with two attached hydrogens (primary N) is 1. The predicted octanol–water partition coefficient (Wildman–Crippen LogP) is 2.00. The maximum Gasteiger partial charge on any atom is 0.341 e. The normalized spacial score (nSPS) is 10.2. The molecule has 0 spiro atoms. The van der Waals surface area contributed by atoms with Gasteiger partial charge < -0.3 is 15.1 Å². The Morgan fingerprint density at radius 3 is 2.35 bits per heavy atom. The van der Waals surface area contributed by atoms with Crippen LogP contribution >= 0.6 is 11.3 Å². The van der Waals surface area contributed by atoms with Crippen LogP contribution in [0.4, 0.5) is 5.00 Å². The van der Waals surface area contributed by atoms with Crippen LogP contribution in [-0.2, 0) is 4.74 Å². The Bertz CT molecular complexity index is 495. The fourth-order valence-electron chi connectivity index (χ4n) is 1.92. The molecule has 0 saturated carbocycles. The molecule has 0 aliphatic rings. The van der Waals surface area contributed by atoms with Crippen LogP contribution < -0.4 is 11.3 Å². The number of rotatable bonds is 6. The molecule has 3 N–H and O–H groups in total. The van der Waals surface area contributed by atoms with Crippen molar-refractivity contribution in [1.29, 1.82) is 0 Å². The Hall–Kier alpha value is -1.60. The monoisotopic (exact) mass is 299 g/mol. The first-order valence-electron chi connectivity index (χ1n) is 6.58. The lowest BCUT2D eigenvalue weighted by Crippen LogP contribution is -2.30. The second-order valence-electron chi connectivity index (χ2n) is 4.10. The second-order valence-corrected chi connectivity index (χ2v) is 5.12. The number of amides is 1. The van der Waals surface area contributed by atoms with Crippen LogP contribution in [0, 0.1) is 6.92 Å². The summed E-state index contributed by atoms with van der Waals surface area (Å²) in [5, 5.41) is 0.455. The number of ether oxygens (including phenoxy) is 1. The van der Waals surface area contributed by atoms with E-state index in [1.807, 2.05) is 13.8 Å². The minimum Gasteiger partial charge on any atom is -0.462 e. The lowest BCUT2D eigenvalue weighted by Gasteiger charge is -2.17. The minimum absolute atomic E-state index is 0.0930. The SMILES string of the molecule is CCOC(=O)c1c(NN)sc(C(=O)N(CC)CC)c1C. The van der Waals surface area contributed by atoms with Gasteiger partial charge in [0.25, 0.3) is 5.91 Å². The van der Waals surface area contributed by atoms with Gasteiger partial charge in [-0.3, -0.25) is 4.79 Å². The highest BCUT2D eigenvalue weighted by Crippen LogP contribution is 2.33. The van der Waals surface area contributed by atoms with Gasteiger partial charge in [0.2, 0.25) is 0 Å². The van der Waals surface area contributed by atoms with Crippen LogP contribution in [0.25, 0.3) is 0 Å². The number of carbonyl (C=O) groups excluding carboxylic acids is 2. The van der Waals surface area contributed by atoms with E-state index in [4.69, 9.17) is 10.6 Å². The molecule has 20 heavy (non-hydrogen) atoms. The summed E-state index contributed by atoms with van der Waals surface area (Å²) in [6.45, 7) is 8.81. The number of hydrogen-bond acceptors (Lipinski definition) is 6. The Kier molecular flexibility index (Phi) is 5.97. The molecule has 0 unspecified atom stereocenters. The molecule has 0 bridgehead atoms. The highest BCUT2D eigenvalue weighted by molar-refractivity contribution is 7.18. The van der Waals surface area contributed by atoms with Crippen molar-refractivity contribution in [3.8, 4) is 0 Å². The van der Waals surface area contributed by atoms with Gasteiger partial charge in [0.05, 0.1) is 17.0 Å². The van der Waals surface area contributed by atoms with E-state index in [2.05, 4.69) is 5.43 Å². The first-order valence-corrected chi connectivity index (χ1v) is 7.39. The smallest absolute Gasteiger partial charge is 0.341 e. The molecule has 1 rings (SSSR count). The molecule has 1 aromatic heterocycles. The van der Waals surface area contributed by atoms with Crippen LogP contribution in [0.1, 0.15) is 46.4 Å². The van der Waals surface area contributed by atoms with Crippen LogP contribution in [-0.4, -0.2) is 36.5 Å². The van der Waals surface area contributed by atoms with Gasteiger partial charge in [0.1, 0.15) is 5.00 Å². The highest BCUT2D eigenvalue weighted by Gasteiger charge is 2.26. The maximum atomic E-state index is 12.4. The average molecular weight is 299 g/mol. The topological polar surface area (TPSA) is 84.7 Å². The summed E-state index contributed by atoms with van der Waals surface area (Å²) in [6.07, 6.45) is 0. The molecule has 7 heteroatoms. The van der Waals surface area contributed by atoms with Crippen LogP contribution in [0.2, 0.25) is 0 Å². The van der Waals surface area contributed by atoms with Gasteiger partial charge in [-0.1, -0.05) is 0 Å². The van der Waals surface area contributed by atoms with Crippen molar-refractivity contribution < 1.29 is 14.3 Å².